The van der Waals surface area contributed by atoms with Crippen molar-refractivity contribution in [1.82, 2.24) is 14.8 Å². The normalized spacial score (nSPS) is 18.9. The number of nitrogens with zero attached hydrogens (tertiary/aromatic N) is 3. The summed E-state index contributed by atoms with van der Waals surface area (Å²) in [6, 6.07) is 22.6. The number of aromatic nitrogens is 1. The summed E-state index contributed by atoms with van der Waals surface area (Å²) in [5.41, 5.74) is 4.33. The number of benzene rings is 3. The van der Waals surface area contributed by atoms with Gasteiger partial charge in [-0.2, -0.15) is 4.98 Å². The third-order valence-electron chi connectivity index (χ3n) is 7.92. The summed E-state index contributed by atoms with van der Waals surface area (Å²) in [7, 11) is 0. The largest absolute Gasteiger partial charge is 0.481 e. The fraction of sp³-hybridized carbons (Fsp3) is 0.312. The van der Waals surface area contributed by atoms with Crippen LogP contribution in [0.15, 0.2) is 77.2 Å². The molecule has 1 aromatic heterocycles. The lowest BCUT2D eigenvalue weighted by molar-refractivity contribution is -0.142. The molecule has 2 unspecified atom stereocenters. The van der Waals surface area contributed by atoms with Gasteiger partial charge in [-0.15, -0.1) is 0 Å². The molecule has 0 bridgehead atoms. The molecule has 43 heavy (non-hydrogen) atoms. The zero-order valence-corrected chi connectivity index (χ0v) is 23.6. The number of amides is 2. The lowest BCUT2D eigenvalue weighted by Crippen LogP contribution is -2.44. The van der Waals surface area contributed by atoms with Gasteiger partial charge < -0.3 is 29.8 Å². The fourth-order valence-electron chi connectivity index (χ4n) is 5.63. The molecule has 0 aliphatic carbocycles. The maximum absolute atomic E-state index is 12.9. The Morgan fingerprint density at radius 2 is 1.70 bits per heavy atom. The van der Waals surface area contributed by atoms with E-state index in [2.05, 4.69) is 15.6 Å². The molecule has 4 aromatic rings. The first-order valence-electron chi connectivity index (χ1n) is 14.3. The highest BCUT2D eigenvalue weighted by atomic mass is 16.5. The second-order valence-corrected chi connectivity index (χ2v) is 10.9. The van der Waals surface area contributed by atoms with Crippen LogP contribution in [-0.4, -0.2) is 83.6 Å². The lowest BCUT2D eigenvalue weighted by atomic mass is 9.89. The number of likely N-dealkylation sites (tertiary alicyclic amines) is 1. The molecular weight excluding hydrogens is 550 g/mol. The molecule has 3 heterocycles. The number of hydrogen-bond acceptors (Lipinski definition) is 8. The quantitative estimate of drug-likeness (QED) is 0.269. The van der Waals surface area contributed by atoms with E-state index in [1.54, 1.807) is 23.1 Å². The van der Waals surface area contributed by atoms with E-state index < -0.39 is 11.9 Å². The van der Waals surface area contributed by atoms with E-state index in [0.29, 0.717) is 55.6 Å². The Morgan fingerprint density at radius 1 is 0.930 bits per heavy atom. The first kappa shape index (κ1) is 28.4. The van der Waals surface area contributed by atoms with E-state index >= 15 is 0 Å². The molecule has 3 N–H and O–H groups in total. The van der Waals surface area contributed by atoms with Gasteiger partial charge in [-0.1, -0.05) is 36.4 Å². The third kappa shape index (κ3) is 6.85. The highest BCUT2D eigenvalue weighted by Gasteiger charge is 2.40. The van der Waals surface area contributed by atoms with Crippen molar-refractivity contribution in [1.29, 1.82) is 0 Å². The Kier molecular flexibility index (Phi) is 8.34. The SMILES string of the molecule is O=C(Cc1ccc2nc(Nc3ccccc3)oc2c1)Nc1ccc(C2CN(C(=O)CN3CCOCC3)CC2C(=O)O)cc1. The van der Waals surface area contributed by atoms with E-state index in [4.69, 9.17) is 9.15 Å². The van der Waals surface area contributed by atoms with Crippen LogP contribution in [-0.2, 0) is 25.5 Å². The second-order valence-electron chi connectivity index (χ2n) is 10.9. The molecule has 2 fully saturated rings. The lowest BCUT2D eigenvalue weighted by Gasteiger charge is -2.28. The Balaban J connectivity index is 1.06. The Labute approximate surface area is 248 Å². The average molecular weight is 584 g/mol. The van der Waals surface area contributed by atoms with Crippen molar-refractivity contribution in [3.63, 3.8) is 0 Å². The number of carbonyl (C=O) groups is 3. The van der Waals surface area contributed by atoms with E-state index in [1.165, 1.54) is 0 Å². The third-order valence-corrected chi connectivity index (χ3v) is 7.92. The first-order valence-corrected chi connectivity index (χ1v) is 14.3. The number of para-hydroxylation sites is 1. The monoisotopic (exact) mass is 583 g/mol. The highest BCUT2D eigenvalue weighted by Crippen LogP contribution is 2.34. The van der Waals surface area contributed by atoms with Gasteiger partial charge in [0.05, 0.1) is 32.1 Å². The minimum Gasteiger partial charge on any atom is -0.481 e. The molecule has 2 aliphatic rings. The second kappa shape index (κ2) is 12.6. The van der Waals surface area contributed by atoms with Crippen molar-refractivity contribution < 1.29 is 28.6 Å². The zero-order valence-electron chi connectivity index (χ0n) is 23.6. The molecule has 2 atom stereocenters. The summed E-state index contributed by atoms with van der Waals surface area (Å²) in [5, 5.41) is 15.9. The van der Waals surface area contributed by atoms with E-state index in [-0.39, 0.29) is 37.2 Å². The van der Waals surface area contributed by atoms with E-state index in [9.17, 15) is 19.5 Å². The highest BCUT2D eigenvalue weighted by molar-refractivity contribution is 5.93. The molecule has 2 aliphatic heterocycles. The van der Waals surface area contributed by atoms with Crippen molar-refractivity contribution in [3.8, 4) is 0 Å². The predicted octanol–water partition coefficient (Wildman–Crippen LogP) is 3.71. The van der Waals surface area contributed by atoms with Gasteiger partial charge in [0, 0.05) is 43.5 Å². The van der Waals surface area contributed by atoms with Crippen LogP contribution in [0.4, 0.5) is 17.4 Å². The number of ether oxygens (including phenoxy) is 1. The van der Waals surface area contributed by atoms with Crippen LogP contribution in [0.2, 0.25) is 0 Å². The molecular formula is C32H33N5O6. The predicted molar refractivity (Wildman–Crippen MR) is 160 cm³/mol. The number of oxazole rings is 1. The first-order chi connectivity index (χ1) is 20.9. The van der Waals surface area contributed by atoms with Gasteiger partial charge >= 0.3 is 5.97 Å². The molecule has 2 saturated heterocycles. The van der Waals surface area contributed by atoms with Crippen LogP contribution in [0.1, 0.15) is 17.0 Å². The Bertz CT molecular complexity index is 1600. The van der Waals surface area contributed by atoms with Gasteiger partial charge in [-0.25, -0.2) is 0 Å². The van der Waals surface area contributed by atoms with Crippen molar-refractivity contribution >= 4 is 46.3 Å². The van der Waals surface area contributed by atoms with Crippen LogP contribution in [0.5, 0.6) is 0 Å². The van der Waals surface area contributed by atoms with Crippen LogP contribution < -0.4 is 10.6 Å². The van der Waals surface area contributed by atoms with Crippen molar-refractivity contribution in [2.45, 2.75) is 12.3 Å². The number of carboxylic acids is 1. The maximum atomic E-state index is 12.9. The van der Waals surface area contributed by atoms with Gasteiger partial charge in [0.15, 0.2) is 5.58 Å². The number of hydrogen-bond donors (Lipinski definition) is 3. The molecule has 0 radical (unpaired) electrons. The number of aliphatic carboxylic acids is 1. The standard InChI is InChI=1S/C32H33N5O6/c38-29(17-21-6-11-27-28(16-21)43-32(35-27)34-23-4-2-1-3-5-23)33-24-9-7-22(8-10-24)25-18-37(19-26(25)31(40)41)30(39)20-36-12-14-42-15-13-36/h1-11,16,25-26H,12-15,17-20H2,(H,33,38)(H,34,35)(H,40,41). The smallest absolute Gasteiger partial charge is 0.308 e. The minimum absolute atomic E-state index is 0.0632. The van der Waals surface area contributed by atoms with Crippen molar-refractivity contribution in [3.05, 3.63) is 83.9 Å². The Hall–Kier alpha value is -4.74. The molecule has 0 spiro atoms. The summed E-state index contributed by atoms with van der Waals surface area (Å²) >= 11 is 0. The van der Waals surface area contributed by atoms with E-state index in [0.717, 1.165) is 16.8 Å². The number of anilines is 3. The molecule has 11 nitrogen and oxygen atoms in total. The molecule has 6 rings (SSSR count). The Morgan fingerprint density at radius 3 is 2.44 bits per heavy atom. The minimum atomic E-state index is -0.921. The van der Waals surface area contributed by atoms with Crippen LogP contribution in [0, 0.1) is 5.92 Å². The topological polar surface area (TPSA) is 137 Å². The van der Waals surface area contributed by atoms with Gasteiger partial charge in [0.2, 0.25) is 11.8 Å². The molecule has 11 heteroatoms. The van der Waals surface area contributed by atoms with Crippen LogP contribution in [0.3, 0.4) is 0 Å². The van der Waals surface area contributed by atoms with Crippen molar-refractivity contribution in [2.75, 3.05) is 56.6 Å². The number of nitrogens with one attached hydrogen (secondary N) is 2. The number of rotatable bonds is 9. The van der Waals surface area contributed by atoms with Gasteiger partial charge in [0.25, 0.3) is 6.01 Å². The number of carboxylic acid groups (broad SMARTS) is 1. The maximum Gasteiger partial charge on any atom is 0.308 e. The zero-order chi connectivity index (χ0) is 29.8. The van der Waals surface area contributed by atoms with Crippen LogP contribution in [0.25, 0.3) is 11.1 Å². The fourth-order valence-corrected chi connectivity index (χ4v) is 5.63. The number of carbonyl (C=O) groups excluding carboxylic acids is 2. The molecule has 0 saturated carbocycles. The molecule has 3 aromatic carbocycles. The molecule has 2 amide bonds. The van der Waals surface area contributed by atoms with Crippen molar-refractivity contribution in [2.24, 2.45) is 5.92 Å². The van der Waals surface area contributed by atoms with Crippen LogP contribution >= 0.6 is 0 Å². The summed E-state index contributed by atoms with van der Waals surface area (Å²) in [6.45, 7) is 3.38. The average Bonchev–Trinajstić information content (AvgIpc) is 3.63. The summed E-state index contributed by atoms with van der Waals surface area (Å²) in [6.07, 6.45) is 0.143. The van der Waals surface area contributed by atoms with E-state index in [1.807, 2.05) is 59.5 Å². The number of fused-ring (bicyclic) bond motifs is 1. The van der Waals surface area contributed by atoms with Gasteiger partial charge in [-0.3, -0.25) is 19.3 Å². The summed E-state index contributed by atoms with van der Waals surface area (Å²) in [5.74, 6) is -2.20. The summed E-state index contributed by atoms with van der Waals surface area (Å²) < 4.78 is 11.2. The summed E-state index contributed by atoms with van der Waals surface area (Å²) in [4.78, 5) is 45.9. The number of morpholine rings is 1. The van der Waals surface area contributed by atoms with Gasteiger partial charge in [-0.05, 0) is 47.5 Å². The molecule has 222 valence electrons. The van der Waals surface area contributed by atoms with Gasteiger partial charge in [0.1, 0.15) is 5.52 Å².